The molecule has 0 bridgehead atoms. The summed E-state index contributed by atoms with van der Waals surface area (Å²) in [5.74, 6) is 0.112. The van der Waals surface area contributed by atoms with E-state index in [0.717, 1.165) is 11.3 Å². The predicted molar refractivity (Wildman–Crippen MR) is 113 cm³/mol. The van der Waals surface area contributed by atoms with Crippen molar-refractivity contribution in [2.75, 3.05) is 17.2 Å². The molecular formula is C22H23N5O2. The van der Waals surface area contributed by atoms with Crippen LogP contribution in [0.5, 0.6) is 0 Å². The second kappa shape index (κ2) is 9.45. The maximum atomic E-state index is 12.8. The maximum Gasteiger partial charge on any atom is 0.257 e. The van der Waals surface area contributed by atoms with Gasteiger partial charge in [-0.1, -0.05) is 36.4 Å². The minimum absolute atomic E-state index is 0.115. The second-order valence-corrected chi connectivity index (χ2v) is 6.49. The van der Waals surface area contributed by atoms with Crippen LogP contribution in [0.15, 0.2) is 67.0 Å². The number of rotatable bonds is 7. The number of hydrogen-bond donors (Lipinski definition) is 2. The molecule has 7 nitrogen and oxygen atoms in total. The van der Waals surface area contributed by atoms with E-state index >= 15 is 0 Å². The molecule has 0 aliphatic rings. The molecule has 1 aromatic heterocycles. The number of hydrogen-bond acceptors (Lipinski definition) is 5. The first-order valence-electron chi connectivity index (χ1n) is 9.35. The van der Waals surface area contributed by atoms with Crippen molar-refractivity contribution in [1.29, 1.82) is 0 Å². The van der Waals surface area contributed by atoms with E-state index in [9.17, 15) is 9.59 Å². The number of carbonyl (C=O) groups is 2. The molecule has 0 radical (unpaired) electrons. The van der Waals surface area contributed by atoms with Crippen LogP contribution in [-0.2, 0) is 11.3 Å². The molecule has 0 fully saturated rings. The molecule has 3 rings (SSSR count). The van der Waals surface area contributed by atoms with E-state index in [2.05, 4.69) is 20.6 Å². The molecule has 3 aromatic rings. The lowest BCUT2D eigenvalue weighted by molar-refractivity contribution is -0.114. The fourth-order valence-corrected chi connectivity index (χ4v) is 2.82. The molecule has 0 saturated heterocycles. The summed E-state index contributed by atoms with van der Waals surface area (Å²) in [5.41, 5.74) is 2.91. The van der Waals surface area contributed by atoms with Gasteiger partial charge in [-0.05, 0) is 30.7 Å². The normalized spacial score (nSPS) is 10.3. The van der Waals surface area contributed by atoms with Crippen LogP contribution in [0, 0.1) is 0 Å². The highest BCUT2D eigenvalue weighted by atomic mass is 16.2. The van der Waals surface area contributed by atoms with E-state index in [-0.39, 0.29) is 11.8 Å². The molecule has 0 aliphatic carbocycles. The lowest BCUT2D eigenvalue weighted by Gasteiger charge is -2.20. The Labute approximate surface area is 169 Å². The van der Waals surface area contributed by atoms with Crippen molar-refractivity contribution >= 4 is 29.1 Å². The van der Waals surface area contributed by atoms with Gasteiger partial charge >= 0.3 is 0 Å². The number of aromatic nitrogens is 2. The summed E-state index contributed by atoms with van der Waals surface area (Å²) in [6.45, 7) is 4.52. The van der Waals surface area contributed by atoms with Crippen LogP contribution >= 0.6 is 0 Å². The number of amides is 2. The third-order valence-corrected chi connectivity index (χ3v) is 4.22. The largest absolute Gasteiger partial charge is 0.335 e. The van der Waals surface area contributed by atoms with E-state index in [4.69, 9.17) is 0 Å². The van der Waals surface area contributed by atoms with E-state index in [0.29, 0.717) is 30.3 Å². The summed E-state index contributed by atoms with van der Waals surface area (Å²) in [5, 5.41) is 5.79. The first-order valence-corrected chi connectivity index (χ1v) is 9.35. The molecule has 0 spiro atoms. The van der Waals surface area contributed by atoms with Crippen LogP contribution in [0.1, 0.15) is 29.8 Å². The fourth-order valence-electron chi connectivity index (χ4n) is 2.82. The Balaban J connectivity index is 1.67. The van der Waals surface area contributed by atoms with Crippen molar-refractivity contribution in [2.24, 2.45) is 0 Å². The number of benzene rings is 2. The van der Waals surface area contributed by atoms with Gasteiger partial charge < -0.3 is 15.5 Å². The Kier molecular flexibility index (Phi) is 6.52. The van der Waals surface area contributed by atoms with Crippen molar-refractivity contribution in [1.82, 2.24) is 14.9 Å². The van der Waals surface area contributed by atoms with E-state index in [1.165, 1.54) is 19.3 Å². The molecule has 0 aliphatic heterocycles. The van der Waals surface area contributed by atoms with Crippen LogP contribution in [0.25, 0.3) is 0 Å². The highest BCUT2D eigenvalue weighted by Gasteiger charge is 2.15. The molecule has 0 unspecified atom stereocenters. The average molecular weight is 389 g/mol. The van der Waals surface area contributed by atoms with Crippen LogP contribution in [0.4, 0.5) is 17.3 Å². The molecule has 7 heteroatoms. The topological polar surface area (TPSA) is 87.2 Å². The number of nitrogens with zero attached hydrogens (tertiary/aromatic N) is 3. The summed E-state index contributed by atoms with van der Waals surface area (Å²) in [7, 11) is 0. The zero-order valence-electron chi connectivity index (χ0n) is 16.4. The van der Waals surface area contributed by atoms with E-state index in [1.807, 2.05) is 49.4 Å². The lowest BCUT2D eigenvalue weighted by atomic mass is 10.2. The van der Waals surface area contributed by atoms with Gasteiger partial charge in [0.1, 0.15) is 0 Å². The quantitative estimate of drug-likeness (QED) is 0.641. The summed E-state index contributed by atoms with van der Waals surface area (Å²) in [4.78, 5) is 34.2. The Morgan fingerprint density at radius 1 is 0.966 bits per heavy atom. The minimum atomic E-state index is -0.141. The van der Waals surface area contributed by atoms with Crippen molar-refractivity contribution in [3.63, 3.8) is 0 Å². The Bertz CT molecular complexity index is 974. The summed E-state index contributed by atoms with van der Waals surface area (Å²) in [6, 6.07) is 17.1. The molecule has 2 amide bonds. The highest BCUT2D eigenvalue weighted by molar-refractivity contribution is 5.93. The summed E-state index contributed by atoms with van der Waals surface area (Å²) in [6.07, 6.45) is 3.03. The Hall–Kier alpha value is -3.74. The minimum Gasteiger partial charge on any atom is -0.335 e. The maximum absolute atomic E-state index is 12.8. The Morgan fingerprint density at radius 3 is 2.31 bits per heavy atom. The number of carbonyl (C=O) groups excluding carboxylic acids is 2. The molecule has 2 aromatic carbocycles. The van der Waals surface area contributed by atoms with Gasteiger partial charge in [-0.25, -0.2) is 9.97 Å². The molecule has 0 atom stereocenters. The first kappa shape index (κ1) is 20.0. The molecule has 2 N–H and O–H groups in total. The standard InChI is InChI=1S/C22H23N5O2/c1-3-27(15-17-8-5-4-6-9-17)21(29)18-13-23-22(24-14-18)26-20-11-7-10-19(12-20)25-16(2)28/h4-14H,3,15H2,1-2H3,(H,25,28)(H,23,24,26). The SMILES string of the molecule is CCN(Cc1ccccc1)C(=O)c1cnc(Nc2cccc(NC(C)=O)c2)nc1. The second-order valence-electron chi connectivity index (χ2n) is 6.49. The van der Waals surface area contributed by atoms with Crippen molar-refractivity contribution in [2.45, 2.75) is 20.4 Å². The monoisotopic (exact) mass is 389 g/mol. The fraction of sp³-hybridized carbons (Fsp3) is 0.182. The van der Waals surface area contributed by atoms with Gasteiger partial charge in [0, 0.05) is 43.8 Å². The van der Waals surface area contributed by atoms with Gasteiger partial charge in [0.25, 0.3) is 5.91 Å². The van der Waals surface area contributed by atoms with Crippen LogP contribution in [-0.4, -0.2) is 33.2 Å². The van der Waals surface area contributed by atoms with E-state index < -0.39 is 0 Å². The van der Waals surface area contributed by atoms with Gasteiger partial charge in [-0.3, -0.25) is 9.59 Å². The number of anilines is 3. The molecule has 29 heavy (non-hydrogen) atoms. The Morgan fingerprint density at radius 2 is 1.66 bits per heavy atom. The number of nitrogens with one attached hydrogen (secondary N) is 2. The third-order valence-electron chi connectivity index (χ3n) is 4.22. The van der Waals surface area contributed by atoms with Crippen molar-refractivity contribution in [3.8, 4) is 0 Å². The van der Waals surface area contributed by atoms with E-state index in [1.54, 1.807) is 17.0 Å². The molecule has 148 valence electrons. The average Bonchev–Trinajstić information content (AvgIpc) is 2.72. The predicted octanol–water partition coefficient (Wildman–Crippen LogP) is 3.84. The zero-order valence-corrected chi connectivity index (χ0v) is 16.4. The first-order chi connectivity index (χ1) is 14.0. The van der Waals surface area contributed by atoms with Crippen molar-refractivity contribution < 1.29 is 9.59 Å². The third kappa shape index (κ3) is 5.62. The smallest absolute Gasteiger partial charge is 0.257 e. The van der Waals surface area contributed by atoms with Gasteiger partial charge in [0.2, 0.25) is 11.9 Å². The zero-order chi connectivity index (χ0) is 20.6. The van der Waals surface area contributed by atoms with Crippen LogP contribution < -0.4 is 10.6 Å². The van der Waals surface area contributed by atoms with Gasteiger partial charge in [-0.2, -0.15) is 0 Å². The summed E-state index contributed by atoms with van der Waals surface area (Å²) >= 11 is 0. The van der Waals surface area contributed by atoms with Gasteiger partial charge in [0.05, 0.1) is 5.56 Å². The molecule has 0 saturated carbocycles. The molecular weight excluding hydrogens is 366 g/mol. The summed E-state index contributed by atoms with van der Waals surface area (Å²) < 4.78 is 0. The van der Waals surface area contributed by atoms with Crippen LogP contribution in [0.2, 0.25) is 0 Å². The molecule has 1 heterocycles. The lowest BCUT2D eigenvalue weighted by Crippen LogP contribution is -2.30. The highest BCUT2D eigenvalue weighted by Crippen LogP contribution is 2.18. The van der Waals surface area contributed by atoms with Crippen LogP contribution in [0.3, 0.4) is 0 Å². The van der Waals surface area contributed by atoms with Gasteiger partial charge in [-0.15, -0.1) is 0 Å². The van der Waals surface area contributed by atoms with Crippen molar-refractivity contribution in [3.05, 3.63) is 78.1 Å². The van der Waals surface area contributed by atoms with Gasteiger partial charge in [0.15, 0.2) is 0 Å².